The molecular formula is C18H21ClN4O2. The molecule has 7 heteroatoms. The molecule has 6 nitrogen and oxygen atoms in total. The van der Waals surface area contributed by atoms with Crippen LogP contribution in [0.3, 0.4) is 0 Å². The summed E-state index contributed by atoms with van der Waals surface area (Å²) in [4.78, 5) is 13.6. The van der Waals surface area contributed by atoms with Gasteiger partial charge in [0.25, 0.3) is 5.91 Å². The zero-order valence-corrected chi connectivity index (χ0v) is 15.1. The summed E-state index contributed by atoms with van der Waals surface area (Å²) in [5, 5.41) is 8.20. The van der Waals surface area contributed by atoms with Crippen LogP contribution in [-0.4, -0.2) is 29.3 Å². The van der Waals surface area contributed by atoms with E-state index in [1.807, 2.05) is 30.9 Å². The Morgan fingerprint density at radius 1 is 1.40 bits per heavy atom. The third-order valence-electron chi connectivity index (χ3n) is 3.51. The Hall–Kier alpha value is -2.60. The minimum Gasteiger partial charge on any atom is -0.489 e. The fourth-order valence-corrected chi connectivity index (χ4v) is 2.54. The first-order valence-electron chi connectivity index (χ1n) is 7.84. The lowest BCUT2D eigenvalue weighted by Gasteiger charge is -2.25. The van der Waals surface area contributed by atoms with Crippen molar-refractivity contribution in [2.45, 2.75) is 20.4 Å². The first-order chi connectivity index (χ1) is 11.9. The molecule has 132 valence electrons. The fraction of sp³-hybridized carbons (Fsp3) is 0.278. The van der Waals surface area contributed by atoms with Gasteiger partial charge < -0.3 is 15.4 Å². The Labute approximate surface area is 152 Å². The van der Waals surface area contributed by atoms with Crippen LogP contribution in [0.15, 0.2) is 42.6 Å². The van der Waals surface area contributed by atoms with Gasteiger partial charge in [-0.1, -0.05) is 18.2 Å². The van der Waals surface area contributed by atoms with Crippen molar-refractivity contribution in [2.75, 3.05) is 18.1 Å². The molecular weight excluding hydrogens is 340 g/mol. The van der Waals surface area contributed by atoms with Crippen molar-refractivity contribution < 1.29 is 9.53 Å². The summed E-state index contributed by atoms with van der Waals surface area (Å²) in [6.45, 7) is 9.26. The number of halogens is 1. The quantitative estimate of drug-likeness (QED) is 0.731. The van der Waals surface area contributed by atoms with E-state index in [4.69, 9.17) is 22.1 Å². The molecule has 1 aromatic heterocycles. The summed E-state index contributed by atoms with van der Waals surface area (Å²) in [5.74, 6) is 0.0971. The second kappa shape index (κ2) is 8.48. The average Bonchev–Trinajstić information content (AvgIpc) is 2.58. The van der Waals surface area contributed by atoms with Gasteiger partial charge in [0.05, 0.1) is 11.9 Å². The van der Waals surface area contributed by atoms with Crippen LogP contribution in [0.4, 0.5) is 5.69 Å². The molecule has 0 fully saturated rings. The molecule has 0 aliphatic rings. The molecule has 1 heterocycles. The normalized spacial score (nSPS) is 10.4. The van der Waals surface area contributed by atoms with Gasteiger partial charge in [0.2, 0.25) is 0 Å². The van der Waals surface area contributed by atoms with Crippen LogP contribution in [0.5, 0.6) is 5.75 Å². The molecule has 1 amide bonds. The van der Waals surface area contributed by atoms with E-state index in [0.717, 1.165) is 11.1 Å². The fourth-order valence-electron chi connectivity index (χ4n) is 2.34. The third-order valence-corrected chi connectivity index (χ3v) is 3.75. The molecule has 0 radical (unpaired) electrons. The number of carbonyl (C=O) groups is 1. The molecule has 0 saturated carbocycles. The summed E-state index contributed by atoms with van der Waals surface area (Å²) < 4.78 is 5.81. The molecule has 0 atom stereocenters. The number of nitrogens with two attached hydrogens (primary N) is 1. The monoisotopic (exact) mass is 360 g/mol. The van der Waals surface area contributed by atoms with Gasteiger partial charge in [0.15, 0.2) is 5.69 Å². The second-order valence-electron chi connectivity index (χ2n) is 5.64. The van der Waals surface area contributed by atoms with E-state index in [1.54, 1.807) is 12.1 Å². The van der Waals surface area contributed by atoms with E-state index < -0.39 is 5.91 Å². The molecule has 1 aromatic carbocycles. The number of rotatable bonds is 8. The summed E-state index contributed by atoms with van der Waals surface area (Å²) in [5.41, 5.74) is 7.98. The van der Waals surface area contributed by atoms with Crippen LogP contribution < -0.4 is 15.4 Å². The van der Waals surface area contributed by atoms with Crippen molar-refractivity contribution in [3.8, 4) is 5.75 Å². The summed E-state index contributed by atoms with van der Waals surface area (Å²) in [6, 6.07) is 7.16. The van der Waals surface area contributed by atoms with Crippen molar-refractivity contribution in [2.24, 2.45) is 5.73 Å². The SMILES string of the molecule is C=C(C)COc1ccc(Cl)cc1CN(CC)c1ccnnc1C(N)=O. The van der Waals surface area contributed by atoms with Crippen LogP contribution in [0, 0.1) is 0 Å². The van der Waals surface area contributed by atoms with Crippen LogP contribution in [0.2, 0.25) is 5.02 Å². The number of primary amides is 1. The summed E-state index contributed by atoms with van der Waals surface area (Å²) in [6.07, 6.45) is 1.53. The van der Waals surface area contributed by atoms with E-state index in [1.165, 1.54) is 6.20 Å². The minimum absolute atomic E-state index is 0.135. The lowest BCUT2D eigenvalue weighted by Crippen LogP contribution is -2.27. The van der Waals surface area contributed by atoms with Crippen molar-refractivity contribution in [3.63, 3.8) is 0 Å². The number of amides is 1. The predicted octanol–water partition coefficient (Wildman–Crippen LogP) is 3.21. The Balaban J connectivity index is 2.34. The van der Waals surface area contributed by atoms with E-state index in [9.17, 15) is 4.79 Å². The molecule has 2 N–H and O–H groups in total. The lowest BCUT2D eigenvalue weighted by atomic mass is 10.1. The average molecular weight is 361 g/mol. The number of anilines is 1. The molecule has 0 spiro atoms. The topological polar surface area (TPSA) is 81.3 Å². The molecule has 0 saturated heterocycles. The number of aromatic nitrogens is 2. The number of carbonyl (C=O) groups excluding carboxylic acids is 1. The Morgan fingerprint density at radius 2 is 2.16 bits per heavy atom. The highest BCUT2D eigenvalue weighted by molar-refractivity contribution is 6.30. The van der Waals surface area contributed by atoms with Crippen molar-refractivity contribution in [1.82, 2.24) is 10.2 Å². The maximum Gasteiger partial charge on any atom is 0.271 e. The third kappa shape index (κ3) is 4.93. The Bertz CT molecular complexity index is 779. The second-order valence-corrected chi connectivity index (χ2v) is 6.08. The van der Waals surface area contributed by atoms with E-state index in [-0.39, 0.29) is 5.69 Å². The molecule has 0 bridgehead atoms. The summed E-state index contributed by atoms with van der Waals surface area (Å²) in [7, 11) is 0. The zero-order chi connectivity index (χ0) is 18.4. The van der Waals surface area contributed by atoms with E-state index in [0.29, 0.717) is 36.2 Å². The van der Waals surface area contributed by atoms with Gasteiger partial charge in [0, 0.05) is 23.7 Å². The van der Waals surface area contributed by atoms with Crippen LogP contribution in [0.25, 0.3) is 0 Å². The minimum atomic E-state index is -0.619. The number of benzene rings is 1. The largest absolute Gasteiger partial charge is 0.489 e. The van der Waals surface area contributed by atoms with Gasteiger partial charge in [-0.2, -0.15) is 5.10 Å². The predicted molar refractivity (Wildman–Crippen MR) is 99.0 cm³/mol. The lowest BCUT2D eigenvalue weighted by molar-refractivity contribution is 0.0995. The van der Waals surface area contributed by atoms with E-state index in [2.05, 4.69) is 16.8 Å². The van der Waals surface area contributed by atoms with Gasteiger partial charge in [0.1, 0.15) is 12.4 Å². The number of hydrogen-bond acceptors (Lipinski definition) is 5. The standard InChI is InChI=1S/C18H21ClN4O2/c1-4-23(15-7-8-21-22-17(15)18(20)24)10-13-9-14(19)5-6-16(13)25-11-12(2)3/h5-9H,2,4,10-11H2,1,3H3,(H2,20,24). The van der Waals surface area contributed by atoms with Gasteiger partial charge in [-0.15, -0.1) is 5.10 Å². The highest BCUT2D eigenvalue weighted by Crippen LogP contribution is 2.27. The number of nitrogens with zero attached hydrogens (tertiary/aromatic N) is 3. The highest BCUT2D eigenvalue weighted by atomic mass is 35.5. The number of ether oxygens (including phenoxy) is 1. The van der Waals surface area contributed by atoms with Gasteiger partial charge in [-0.3, -0.25) is 4.79 Å². The van der Waals surface area contributed by atoms with Crippen molar-refractivity contribution in [1.29, 1.82) is 0 Å². The smallest absolute Gasteiger partial charge is 0.271 e. The van der Waals surface area contributed by atoms with E-state index >= 15 is 0 Å². The first kappa shape index (κ1) is 18.7. The first-order valence-corrected chi connectivity index (χ1v) is 8.22. The Kier molecular flexibility index (Phi) is 6.36. The molecule has 0 aliphatic heterocycles. The molecule has 0 aliphatic carbocycles. The van der Waals surface area contributed by atoms with Gasteiger partial charge >= 0.3 is 0 Å². The van der Waals surface area contributed by atoms with Crippen molar-refractivity contribution >= 4 is 23.2 Å². The van der Waals surface area contributed by atoms with Crippen LogP contribution in [0.1, 0.15) is 29.9 Å². The molecule has 0 unspecified atom stereocenters. The Morgan fingerprint density at radius 3 is 2.80 bits per heavy atom. The van der Waals surface area contributed by atoms with Gasteiger partial charge in [-0.25, -0.2) is 0 Å². The summed E-state index contributed by atoms with van der Waals surface area (Å²) >= 11 is 6.15. The zero-order valence-electron chi connectivity index (χ0n) is 14.3. The number of hydrogen-bond donors (Lipinski definition) is 1. The highest BCUT2D eigenvalue weighted by Gasteiger charge is 2.17. The maximum absolute atomic E-state index is 11.6. The molecule has 2 aromatic rings. The molecule has 25 heavy (non-hydrogen) atoms. The van der Waals surface area contributed by atoms with Gasteiger partial charge in [-0.05, 0) is 43.7 Å². The van der Waals surface area contributed by atoms with Crippen molar-refractivity contribution in [3.05, 3.63) is 58.9 Å². The maximum atomic E-state index is 11.6. The van der Waals surface area contributed by atoms with Crippen LogP contribution >= 0.6 is 11.6 Å². The van der Waals surface area contributed by atoms with Crippen LogP contribution in [-0.2, 0) is 6.54 Å². The molecule has 2 rings (SSSR count).